The van der Waals surface area contributed by atoms with Crippen LogP contribution in [0, 0.1) is 16.7 Å². The third kappa shape index (κ3) is 1.76. The van der Waals surface area contributed by atoms with Crippen LogP contribution in [0.25, 0.3) is 0 Å². The van der Waals surface area contributed by atoms with Crippen molar-refractivity contribution in [3.63, 3.8) is 0 Å². The Labute approximate surface area is 70.1 Å². The SMILES string of the molecule is CC(C)(C)C1COCC1(C)C. The van der Waals surface area contributed by atoms with E-state index in [-0.39, 0.29) is 0 Å². The summed E-state index contributed by atoms with van der Waals surface area (Å²) in [6.45, 7) is 13.4. The van der Waals surface area contributed by atoms with Gasteiger partial charge in [0, 0.05) is 0 Å². The van der Waals surface area contributed by atoms with Crippen molar-refractivity contribution in [3.05, 3.63) is 0 Å². The first-order chi connectivity index (χ1) is 4.84. The van der Waals surface area contributed by atoms with Gasteiger partial charge >= 0.3 is 0 Å². The maximum atomic E-state index is 5.50. The zero-order valence-corrected chi connectivity index (χ0v) is 8.40. The minimum atomic E-state index is 0.373. The summed E-state index contributed by atoms with van der Waals surface area (Å²) in [6.07, 6.45) is 0. The molecule has 1 fully saturated rings. The van der Waals surface area contributed by atoms with Crippen LogP contribution >= 0.6 is 0 Å². The summed E-state index contributed by atoms with van der Waals surface area (Å²) >= 11 is 0. The van der Waals surface area contributed by atoms with Gasteiger partial charge in [-0.1, -0.05) is 34.6 Å². The van der Waals surface area contributed by atoms with E-state index in [2.05, 4.69) is 34.6 Å². The van der Waals surface area contributed by atoms with E-state index in [0.29, 0.717) is 16.7 Å². The molecular formula is C10H20O. The Morgan fingerprint density at radius 2 is 1.82 bits per heavy atom. The van der Waals surface area contributed by atoms with Crippen LogP contribution in [0.15, 0.2) is 0 Å². The van der Waals surface area contributed by atoms with E-state index in [0.717, 1.165) is 13.2 Å². The van der Waals surface area contributed by atoms with Crippen molar-refractivity contribution in [1.29, 1.82) is 0 Å². The molecular weight excluding hydrogens is 136 g/mol. The second-order valence-corrected chi connectivity index (χ2v) is 5.42. The van der Waals surface area contributed by atoms with Crippen molar-refractivity contribution < 1.29 is 4.74 Å². The minimum absolute atomic E-state index is 0.373. The first kappa shape index (κ1) is 9.05. The lowest BCUT2D eigenvalue weighted by atomic mass is 9.68. The molecule has 0 radical (unpaired) electrons. The molecule has 0 bridgehead atoms. The molecule has 1 nitrogen and oxygen atoms in total. The molecule has 0 aromatic heterocycles. The van der Waals surface area contributed by atoms with Crippen molar-refractivity contribution in [2.75, 3.05) is 13.2 Å². The van der Waals surface area contributed by atoms with Gasteiger partial charge < -0.3 is 4.74 Å². The van der Waals surface area contributed by atoms with Crippen LogP contribution < -0.4 is 0 Å². The molecule has 1 aliphatic heterocycles. The maximum absolute atomic E-state index is 5.50. The monoisotopic (exact) mass is 156 g/mol. The lowest BCUT2D eigenvalue weighted by molar-refractivity contribution is 0.137. The van der Waals surface area contributed by atoms with E-state index >= 15 is 0 Å². The highest BCUT2D eigenvalue weighted by atomic mass is 16.5. The van der Waals surface area contributed by atoms with Gasteiger partial charge in [0.25, 0.3) is 0 Å². The Bertz CT molecular complexity index is 141. The molecule has 0 aromatic carbocycles. The summed E-state index contributed by atoms with van der Waals surface area (Å²) in [6, 6.07) is 0. The van der Waals surface area contributed by atoms with Crippen molar-refractivity contribution in [2.24, 2.45) is 16.7 Å². The molecule has 0 spiro atoms. The van der Waals surface area contributed by atoms with Gasteiger partial charge in [0.2, 0.25) is 0 Å². The lowest BCUT2D eigenvalue weighted by Crippen LogP contribution is -2.32. The molecule has 1 rings (SSSR count). The van der Waals surface area contributed by atoms with Crippen LogP contribution in [-0.4, -0.2) is 13.2 Å². The molecule has 66 valence electrons. The van der Waals surface area contributed by atoms with E-state index < -0.39 is 0 Å². The van der Waals surface area contributed by atoms with Crippen LogP contribution in [0.1, 0.15) is 34.6 Å². The average Bonchev–Trinajstić information content (AvgIpc) is 2.06. The molecule has 0 aromatic rings. The third-order valence-corrected chi connectivity index (χ3v) is 2.75. The van der Waals surface area contributed by atoms with Gasteiger partial charge in [0.1, 0.15) is 0 Å². The van der Waals surface area contributed by atoms with Crippen molar-refractivity contribution in [1.82, 2.24) is 0 Å². The lowest BCUT2D eigenvalue weighted by Gasteiger charge is -2.35. The van der Waals surface area contributed by atoms with E-state index in [9.17, 15) is 0 Å². The van der Waals surface area contributed by atoms with Crippen molar-refractivity contribution in [2.45, 2.75) is 34.6 Å². The van der Waals surface area contributed by atoms with Crippen LogP contribution in [0.5, 0.6) is 0 Å². The average molecular weight is 156 g/mol. The zero-order valence-electron chi connectivity index (χ0n) is 8.40. The van der Waals surface area contributed by atoms with Gasteiger partial charge in [-0.05, 0) is 16.7 Å². The molecule has 0 aliphatic carbocycles. The Morgan fingerprint density at radius 3 is 2.00 bits per heavy atom. The number of hydrogen-bond donors (Lipinski definition) is 0. The highest BCUT2D eigenvalue weighted by Crippen LogP contribution is 2.44. The fraction of sp³-hybridized carbons (Fsp3) is 1.00. The van der Waals surface area contributed by atoms with Gasteiger partial charge in [0.05, 0.1) is 13.2 Å². The molecule has 11 heavy (non-hydrogen) atoms. The molecule has 0 saturated carbocycles. The Morgan fingerprint density at radius 1 is 1.27 bits per heavy atom. The van der Waals surface area contributed by atoms with E-state index in [4.69, 9.17) is 4.74 Å². The highest BCUT2D eigenvalue weighted by molar-refractivity contribution is 4.90. The zero-order chi connectivity index (χ0) is 8.70. The fourth-order valence-electron chi connectivity index (χ4n) is 2.19. The first-order valence-electron chi connectivity index (χ1n) is 4.42. The first-order valence-corrected chi connectivity index (χ1v) is 4.42. The summed E-state index contributed by atoms with van der Waals surface area (Å²) in [7, 11) is 0. The van der Waals surface area contributed by atoms with E-state index in [1.807, 2.05) is 0 Å². The fourth-order valence-corrected chi connectivity index (χ4v) is 2.19. The molecule has 1 heteroatoms. The summed E-state index contributed by atoms with van der Waals surface area (Å²) < 4.78 is 5.50. The third-order valence-electron chi connectivity index (χ3n) is 2.75. The van der Waals surface area contributed by atoms with E-state index in [1.54, 1.807) is 0 Å². The second-order valence-electron chi connectivity index (χ2n) is 5.42. The molecule has 1 aliphatic rings. The minimum Gasteiger partial charge on any atom is -0.381 e. The Balaban J connectivity index is 2.73. The molecule has 0 N–H and O–H groups in total. The van der Waals surface area contributed by atoms with Gasteiger partial charge in [-0.25, -0.2) is 0 Å². The van der Waals surface area contributed by atoms with Crippen LogP contribution in [0.3, 0.4) is 0 Å². The number of rotatable bonds is 0. The molecule has 1 atom stereocenters. The Hall–Kier alpha value is -0.0400. The van der Waals surface area contributed by atoms with Gasteiger partial charge in [-0.15, -0.1) is 0 Å². The molecule has 1 unspecified atom stereocenters. The molecule has 1 saturated heterocycles. The van der Waals surface area contributed by atoms with Crippen LogP contribution in [-0.2, 0) is 4.74 Å². The van der Waals surface area contributed by atoms with Gasteiger partial charge in [-0.2, -0.15) is 0 Å². The predicted octanol–water partition coefficient (Wildman–Crippen LogP) is 2.71. The maximum Gasteiger partial charge on any atom is 0.0520 e. The van der Waals surface area contributed by atoms with Gasteiger partial charge in [-0.3, -0.25) is 0 Å². The second kappa shape index (κ2) is 2.48. The predicted molar refractivity (Wildman–Crippen MR) is 47.5 cm³/mol. The topological polar surface area (TPSA) is 9.23 Å². The largest absolute Gasteiger partial charge is 0.381 e. The van der Waals surface area contributed by atoms with Crippen molar-refractivity contribution >= 4 is 0 Å². The quantitative estimate of drug-likeness (QED) is 0.524. The Kier molecular flexibility index (Phi) is 2.04. The van der Waals surface area contributed by atoms with Crippen LogP contribution in [0.2, 0.25) is 0 Å². The highest BCUT2D eigenvalue weighted by Gasteiger charge is 2.42. The molecule has 0 amide bonds. The number of ether oxygens (including phenoxy) is 1. The number of hydrogen-bond acceptors (Lipinski definition) is 1. The standard InChI is InChI=1S/C10H20O/c1-9(2,3)8-6-11-7-10(8,4)5/h8H,6-7H2,1-5H3. The van der Waals surface area contributed by atoms with Crippen LogP contribution in [0.4, 0.5) is 0 Å². The normalized spacial score (nSPS) is 30.8. The summed E-state index contributed by atoms with van der Waals surface area (Å²) in [4.78, 5) is 0. The summed E-state index contributed by atoms with van der Waals surface area (Å²) in [5.41, 5.74) is 0.762. The summed E-state index contributed by atoms with van der Waals surface area (Å²) in [5, 5.41) is 0. The van der Waals surface area contributed by atoms with Crippen molar-refractivity contribution in [3.8, 4) is 0 Å². The van der Waals surface area contributed by atoms with E-state index in [1.165, 1.54) is 0 Å². The molecule has 1 heterocycles. The summed E-state index contributed by atoms with van der Waals surface area (Å²) in [5.74, 6) is 0.704. The van der Waals surface area contributed by atoms with Gasteiger partial charge in [0.15, 0.2) is 0 Å². The smallest absolute Gasteiger partial charge is 0.0520 e.